The van der Waals surface area contributed by atoms with Crippen LogP contribution in [0.1, 0.15) is 6.42 Å². The number of rotatable bonds is 14. The van der Waals surface area contributed by atoms with Gasteiger partial charge in [-0.05, 0) is 0 Å². The third kappa shape index (κ3) is 13.2. The molecule has 0 unspecified atom stereocenters. The van der Waals surface area contributed by atoms with Crippen LogP contribution in [0.2, 0.25) is 0 Å². The van der Waals surface area contributed by atoms with E-state index < -0.39 is 0 Å². The normalized spacial score (nSPS) is 10.3. The number of hydrogen-bond acceptors (Lipinski definition) is 5. The van der Waals surface area contributed by atoms with E-state index in [-0.39, 0.29) is 6.61 Å². The van der Waals surface area contributed by atoms with Crippen molar-refractivity contribution in [1.29, 1.82) is 0 Å². The Morgan fingerprint density at radius 2 is 1.50 bits per heavy atom. The van der Waals surface area contributed by atoms with Crippen LogP contribution >= 0.6 is 0 Å². The number of aliphatic hydroxyl groups is 1. The Morgan fingerprint density at radius 3 is 2.06 bits per heavy atom. The average Bonchev–Trinajstić information content (AvgIpc) is 2.38. The molecule has 0 aromatic heterocycles. The second-order valence-electron chi connectivity index (χ2n) is 3.45. The smallest absolute Gasteiger partial charge is 0.106 e. The van der Waals surface area contributed by atoms with Gasteiger partial charge in [0.25, 0.3) is 0 Å². The van der Waals surface area contributed by atoms with Crippen molar-refractivity contribution in [3.8, 4) is 0 Å². The zero-order valence-electron chi connectivity index (χ0n) is 10.9. The van der Waals surface area contributed by atoms with Crippen LogP contribution < -0.4 is 0 Å². The first-order valence-electron chi connectivity index (χ1n) is 6.06. The lowest BCUT2D eigenvalue weighted by Crippen LogP contribution is -2.11. The summed E-state index contributed by atoms with van der Waals surface area (Å²) in [5.74, 6) is 0.702. The van der Waals surface area contributed by atoms with Gasteiger partial charge in [0.1, 0.15) is 6.61 Å². The summed E-state index contributed by atoms with van der Waals surface area (Å²) in [5.41, 5.74) is 0. The van der Waals surface area contributed by atoms with Crippen LogP contribution in [0.5, 0.6) is 0 Å². The van der Waals surface area contributed by atoms with E-state index in [1.165, 1.54) is 0 Å². The van der Waals surface area contributed by atoms with Gasteiger partial charge in [-0.3, -0.25) is 0 Å². The highest BCUT2D eigenvalue weighted by Crippen LogP contribution is 2.00. The molecule has 0 atom stereocenters. The Bertz CT molecular complexity index is 206. The molecule has 0 bridgehead atoms. The van der Waals surface area contributed by atoms with Crippen LogP contribution in [0.4, 0.5) is 0 Å². The molecule has 0 amide bonds. The molecule has 0 saturated carbocycles. The predicted molar refractivity (Wildman–Crippen MR) is 69.4 cm³/mol. The summed E-state index contributed by atoms with van der Waals surface area (Å²) in [6.07, 6.45) is 2.35. The largest absolute Gasteiger partial charge is 0.494 e. The first kappa shape index (κ1) is 17.1. The molecule has 0 saturated heterocycles. The summed E-state index contributed by atoms with van der Waals surface area (Å²) < 4.78 is 20.8. The maximum atomic E-state index is 8.46. The minimum atomic E-state index is 0.0426. The molecule has 1 N–H and O–H groups in total. The monoisotopic (exact) mass is 260 g/mol. The highest BCUT2D eigenvalue weighted by atomic mass is 16.5. The molecule has 0 fully saturated rings. The lowest BCUT2D eigenvalue weighted by molar-refractivity contribution is 0.00697. The minimum absolute atomic E-state index is 0.0426. The van der Waals surface area contributed by atoms with Gasteiger partial charge >= 0.3 is 0 Å². The molecule has 0 aliphatic rings. The topological polar surface area (TPSA) is 57.2 Å². The Labute approximate surface area is 109 Å². The molecule has 18 heavy (non-hydrogen) atoms. The molecule has 0 aliphatic heterocycles. The minimum Gasteiger partial charge on any atom is -0.494 e. The van der Waals surface area contributed by atoms with Gasteiger partial charge in [0.05, 0.1) is 52.0 Å². The molecule has 0 aromatic carbocycles. The van der Waals surface area contributed by atoms with Crippen molar-refractivity contribution in [2.45, 2.75) is 6.42 Å². The summed E-state index contributed by atoms with van der Waals surface area (Å²) in [6, 6.07) is 0. The standard InChI is InChI=1S/C13H24O5/c1-3-6-18-13(2)4-7-15-9-11-17-12-10-16-8-5-14/h3,14H,1-2,4-12H2. The Kier molecular flexibility index (Phi) is 13.5. The molecular weight excluding hydrogens is 236 g/mol. The van der Waals surface area contributed by atoms with E-state index in [9.17, 15) is 0 Å². The van der Waals surface area contributed by atoms with Crippen LogP contribution in [0.15, 0.2) is 25.0 Å². The van der Waals surface area contributed by atoms with E-state index in [1.807, 2.05) is 0 Å². The van der Waals surface area contributed by atoms with E-state index >= 15 is 0 Å². The number of aliphatic hydroxyl groups excluding tert-OH is 1. The van der Waals surface area contributed by atoms with E-state index in [2.05, 4.69) is 13.2 Å². The molecule has 0 spiro atoms. The molecule has 0 aromatic rings. The van der Waals surface area contributed by atoms with Gasteiger partial charge in [0.15, 0.2) is 0 Å². The maximum Gasteiger partial charge on any atom is 0.106 e. The van der Waals surface area contributed by atoms with E-state index in [1.54, 1.807) is 6.08 Å². The van der Waals surface area contributed by atoms with Crippen molar-refractivity contribution in [3.05, 3.63) is 25.0 Å². The zero-order valence-corrected chi connectivity index (χ0v) is 10.9. The molecule has 0 rings (SSSR count). The highest BCUT2D eigenvalue weighted by Gasteiger charge is 1.95. The summed E-state index contributed by atoms with van der Waals surface area (Å²) in [4.78, 5) is 0. The van der Waals surface area contributed by atoms with Gasteiger partial charge < -0.3 is 24.1 Å². The second kappa shape index (κ2) is 14.2. The van der Waals surface area contributed by atoms with Crippen molar-refractivity contribution in [2.24, 2.45) is 0 Å². The lowest BCUT2D eigenvalue weighted by Gasteiger charge is -2.08. The van der Waals surface area contributed by atoms with Crippen molar-refractivity contribution < 1.29 is 24.1 Å². The zero-order chi connectivity index (χ0) is 13.5. The first-order chi connectivity index (χ1) is 8.81. The van der Waals surface area contributed by atoms with Crippen LogP contribution in [0.25, 0.3) is 0 Å². The molecule has 106 valence electrons. The van der Waals surface area contributed by atoms with E-state index in [0.29, 0.717) is 58.4 Å². The summed E-state index contributed by atoms with van der Waals surface area (Å²) in [6.45, 7) is 10.8. The summed E-state index contributed by atoms with van der Waals surface area (Å²) in [7, 11) is 0. The van der Waals surface area contributed by atoms with Gasteiger partial charge in [-0.2, -0.15) is 0 Å². The molecule has 0 aliphatic carbocycles. The van der Waals surface area contributed by atoms with Gasteiger partial charge in [-0.1, -0.05) is 19.2 Å². The van der Waals surface area contributed by atoms with Crippen molar-refractivity contribution >= 4 is 0 Å². The molecule has 0 heterocycles. The van der Waals surface area contributed by atoms with Crippen LogP contribution in [-0.2, 0) is 18.9 Å². The van der Waals surface area contributed by atoms with Gasteiger partial charge in [0.2, 0.25) is 0 Å². The van der Waals surface area contributed by atoms with E-state index in [0.717, 1.165) is 0 Å². The maximum absolute atomic E-state index is 8.46. The fourth-order valence-electron chi connectivity index (χ4n) is 1.04. The highest BCUT2D eigenvalue weighted by molar-refractivity contribution is 4.83. The van der Waals surface area contributed by atoms with Crippen LogP contribution in [0, 0.1) is 0 Å². The van der Waals surface area contributed by atoms with E-state index in [4.69, 9.17) is 24.1 Å². The summed E-state index contributed by atoms with van der Waals surface area (Å²) in [5, 5.41) is 8.46. The molecule has 5 heteroatoms. The fourth-order valence-corrected chi connectivity index (χ4v) is 1.04. The van der Waals surface area contributed by atoms with Crippen molar-refractivity contribution in [2.75, 3.05) is 52.9 Å². The fraction of sp³-hybridized carbons (Fsp3) is 0.692. The quantitative estimate of drug-likeness (QED) is 0.288. The average molecular weight is 260 g/mol. The Morgan fingerprint density at radius 1 is 0.944 bits per heavy atom. The van der Waals surface area contributed by atoms with Crippen LogP contribution in [-0.4, -0.2) is 58.0 Å². The molecule has 0 radical (unpaired) electrons. The number of hydrogen-bond donors (Lipinski definition) is 1. The third-order valence-corrected chi connectivity index (χ3v) is 1.91. The molecular formula is C13H24O5. The van der Waals surface area contributed by atoms with Crippen LogP contribution in [0.3, 0.4) is 0 Å². The second-order valence-corrected chi connectivity index (χ2v) is 3.45. The van der Waals surface area contributed by atoms with Crippen molar-refractivity contribution in [3.63, 3.8) is 0 Å². The van der Waals surface area contributed by atoms with Gasteiger partial charge in [0, 0.05) is 6.42 Å². The molecule has 5 nitrogen and oxygen atoms in total. The van der Waals surface area contributed by atoms with Crippen molar-refractivity contribution in [1.82, 2.24) is 0 Å². The predicted octanol–water partition coefficient (Wildman–Crippen LogP) is 1.13. The third-order valence-electron chi connectivity index (χ3n) is 1.91. The number of ether oxygens (including phenoxy) is 4. The van der Waals surface area contributed by atoms with Gasteiger partial charge in [-0.25, -0.2) is 0 Å². The lowest BCUT2D eigenvalue weighted by atomic mass is 10.4. The SMILES string of the molecule is C=CCOC(=C)CCOCCOCCOCCO. The summed E-state index contributed by atoms with van der Waals surface area (Å²) >= 11 is 0. The Balaban J connectivity index is 3.06. The first-order valence-corrected chi connectivity index (χ1v) is 6.06. The Hall–Kier alpha value is -0.880. The van der Waals surface area contributed by atoms with Gasteiger partial charge in [-0.15, -0.1) is 0 Å².